The van der Waals surface area contributed by atoms with E-state index in [0.717, 1.165) is 9.13 Å². The number of nitrogens with one attached hydrogen (secondary N) is 1. The van der Waals surface area contributed by atoms with Gasteiger partial charge in [-0.3, -0.25) is 4.79 Å². The minimum absolute atomic E-state index is 0.0862. The second-order valence-corrected chi connectivity index (χ2v) is 9.35. The summed E-state index contributed by atoms with van der Waals surface area (Å²) in [5.74, 6) is 0.498. The Labute approximate surface area is 226 Å². The smallest absolute Gasteiger partial charge is 0.266 e. The Balaban J connectivity index is 1.85. The van der Waals surface area contributed by atoms with Crippen molar-refractivity contribution in [1.82, 2.24) is 0 Å². The van der Waals surface area contributed by atoms with E-state index in [1.165, 1.54) is 12.1 Å². The molecule has 0 aliphatic rings. The van der Waals surface area contributed by atoms with Crippen molar-refractivity contribution in [3.63, 3.8) is 0 Å². The van der Waals surface area contributed by atoms with Gasteiger partial charge in [0.2, 0.25) is 0 Å². The Morgan fingerprint density at radius 2 is 1.88 bits per heavy atom. The molecule has 0 fully saturated rings. The molecule has 0 saturated carbocycles. The monoisotopic (exact) mass is 626 g/mol. The number of carbonyl (C=O) groups is 1. The first kappa shape index (κ1) is 26.2. The molecule has 0 saturated heterocycles. The normalized spacial score (nSPS) is 11.0. The molecule has 9 heteroatoms. The quantitative estimate of drug-likeness (QED) is 0.157. The Morgan fingerprint density at radius 1 is 1.09 bits per heavy atom. The molecule has 174 valence electrons. The van der Waals surface area contributed by atoms with Crippen molar-refractivity contribution in [3.8, 4) is 17.6 Å². The summed E-state index contributed by atoms with van der Waals surface area (Å²) in [6.07, 6.45) is 1.48. The minimum Gasteiger partial charge on any atom is -0.490 e. The summed E-state index contributed by atoms with van der Waals surface area (Å²) in [6.45, 7) is 2.59. The van der Waals surface area contributed by atoms with E-state index in [-0.39, 0.29) is 5.57 Å². The Kier molecular flexibility index (Phi) is 9.48. The molecule has 3 aromatic carbocycles. The molecule has 3 aromatic rings. The highest BCUT2D eigenvalue weighted by molar-refractivity contribution is 14.1. The third kappa shape index (κ3) is 7.03. The van der Waals surface area contributed by atoms with Gasteiger partial charge >= 0.3 is 0 Å². The van der Waals surface area contributed by atoms with E-state index in [4.69, 9.17) is 44.3 Å². The maximum Gasteiger partial charge on any atom is 0.266 e. The van der Waals surface area contributed by atoms with Crippen molar-refractivity contribution in [2.75, 3.05) is 11.9 Å². The maximum atomic E-state index is 12.6. The van der Waals surface area contributed by atoms with Crippen LogP contribution in [0, 0.1) is 14.9 Å². The zero-order chi connectivity index (χ0) is 24.7. The fourth-order valence-electron chi connectivity index (χ4n) is 2.94. The minimum atomic E-state index is -0.574. The van der Waals surface area contributed by atoms with E-state index in [9.17, 15) is 10.1 Å². The highest BCUT2D eigenvalue weighted by atomic mass is 127. The van der Waals surface area contributed by atoms with Crippen LogP contribution in [0.25, 0.3) is 6.08 Å². The highest BCUT2D eigenvalue weighted by Gasteiger charge is 2.15. The topological polar surface area (TPSA) is 71.3 Å². The van der Waals surface area contributed by atoms with Crippen LogP contribution in [0.3, 0.4) is 0 Å². The summed E-state index contributed by atoms with van der Waals surface area (Å²) in [5.41, 5.74) is 1.87. The second kappa shape index (κ2) is 12.3. The first-order valence-electron chi connectivity index (χ1n) is 10.0. The van der Waals surface area contributed by atoms with Gasteiger partial charge in [0.1, 0.15) is 18.2 Å². The Bertz CT molecular complexity index is 1290. The fourth-order valence-corrected chi connectivity index (χ4v) is 4.24. The predicted octanol–water partition coefficient (Wildman–Crippen LogP) is 7.77. The molecule has 5 nitrogen and oxygen atoms in total. The standard InChI is InChI=1S/C25H18Cl3IN2O3/c1-2-33-23-11-16(10-22(29)24(23)34-14-15-4-3-5-18(26)9-15)8-17(13-30)25(32)31-19-6-7-20(27)21(28)12-19/h3-12H,2,14H2,1H3,(H,31,32)/b17-8+. The third-order valence-corrected chi connectivity index (χ3v) is 6.23. The molecule has 1 N–H and O–H groups in total. The van der Waals surface area contributed by atoms with Gasteiger partial charge in [0, 0.05) is 10.7 Å². The van der Waals surface area contributed by atoms with Gasteiger partial charge < -0.3 is 14.8 Å². The number of rotatable bonds is 8. The van der Waals surface area contributed by atoms with Gasteiger partial charge in [-0.1, -0.05) is 46.9 Å². The van der Waals surface area contributed by atoms with Crippen molar-refractivity contribution >= 4 is 75.1 Å². The van der Waals surface area contributed by atoms with E-state index < -0.39 is 5.91 Å². The second-order valence-electron chi connectivity index (χ2n) is 6.93. The van der Waals surface area contributed by atoms with Crippen LogP contribution in [0.15, 0.2) is 60.2 Å². The number of halogens is 4. The number of ether oxygens (including phenoxy) is 2. The number of hydrogen-bond acceptors (Lipinski definition) is 4. The van der Waals surface area contributed by atoms with Crippen molar-refractivity contribution in [2.45, 2.75) is 13.5 Å². The number of anilines is 1. The van der Waals surface area contributed by atoms with Crippen LogP contribution < -0.4 is 14.8 Å². The zero-order valence-corrected chi connectivity index (χ0v) is 22.3. The molecule has 0 aliphatic heterocycles. The van der Waals surface area contributed by atoms with E-state index >= 15 is 0 Å². The van der Waals surface area contributed by atoms with Crippen LogP contribution in [0.4, 0.5) is 5.69 Å². The fraction of sp³-hybridized carbons (Fsp3) is 0.120. The summed E-state index contributed by atoms with van der Waals surface area (Å²) < 4.78 is 12.5. The molecule has 0 radical (unpaired) electrons. The van der Waals surface area contributed by atoms with Crippen molar-refractivity contribution in [2.24, 2.45) is 0 Å². The van der Waals surface area contributed by atoms with E-state index in [0.29, 0.717) is 51.0 Å². The molecule has 0 spiro atoms. The van der Waals surface area contributed by atoms with Crippen LogP contribution in [-0.2, 0) is 11.4 Å². The molecule has 0 unspecified atom stereocenters. The van der Waals surface area contributed by atoms with Gasteiger partial charge in [0.25, 0.3) is 5.91 Å². The van der Waals surface area contributed by atoms with Crippen molar-refractivity contribution < 1.29 is 14.3 Å². The number of nitriles is 1. The lowest BCUT2D eigenvalue weighted by molar-refractivity contribution is -0.112. The molecule has 0 aliphatic carbocycles. The number of benzene rings is 3. The van der Waals surface area contributed by atoms with E-state index in [1.807, 2.05) is 31.2 Å². The zero-order valence-electron chi connectivity index (χ0n) is 17.9. The average Bonchev–Trinajstić information content (AvgIpc) is 2.79. The molecule has 0 bridgehead atoms. The van der Waals surface area contributed by atoms with Gasteiger partial charge in [0.05, 0.1) is 20.2 Å². The molecule has 0 atom stereocenters. The summed E-state index contributed by atoms with van der Waals surface area (Å²) in [6, 6.07) is 17.5. The van der Waals surface area contributed by atoms with Crippen molar-refractivity contribution in [1.29, 1.82) is 5.26 Å². The molecule has 34 heavy (non-hydrogen) atoms. The summed E-state index contributed by atoms with van der Waals surface area (Å²) >= 11 is 20.1. The maximum absolute atomic E-state index is 12.6. The highest BCUT2D eigenvalue weighted by Crippen LogP contribution is 2.36. The van der Waals surface area contributed by atoms with Crippen molar-refractivity contribution in [3.05, 3.63) is 89.9 Å². The first-order chi connectivity index (χ1) is 16.3. The van der Waals surface area contributed by atoms with Gasteiger partial charge in [-0.2, -0.15) is 5.26 Å². The molecule has 3 rings (SSSR count). The molecular weight excluding hydrogens is 610 g/mol. The lowest BCUT2D eigenvalue weighted by atomic mass is 10.1. The lowest BCUT2D eigenvalue weighted by Gasteiger charge is -2.15. The average molecular weight is 628 g/mol. The summed E-state index contributed by atoms with van der Waals surface area (Å²) in [7, 11) is 0. The van der Waals surface area contributed by atoms with Crippen LogP contribution in [0.5, 0.6) is 11.5 Å². The largest absolute Gasteiger partial charge is 0.490 e. The molecular formula is C25H18Cl3IN2O3. The van der Waals surface area contributed by atoms with E-state index in [2.05, 4.69) is 27.9 Å². The van der Waals surface area contributed by atoms with Crippen LogP contribution >= 0.6 is 57.4 Å². The Hall–Kier alpha value is -2.44. The van der Waals surface area contributed by atoms with E-state index in [1.54, 1.807) is 30.3 Å². The van der Waals surface area contributed by atoms with Gasteiger partial charge in [-0.05, 0) is 89.2 Å². The number of carbonyl (C=O) groups excluding carboxylic acids is 1. The number of hydrogen-bond donors (Lipinski definition) is 1. The lowest BCUT2D eigenvalue weighted by Crippen LogP contribution is -2.13. The number of amides is 1. The molecule has 0 heterocycles. The van der Waals surface area contributed by atoms with Gasteiger partial charge in [-0.15, -0.1) is 0 Å². The van der Waals surface area contributed by atoms with Gasteiger partial charge in [0.15, 0.2) is 11.5 Å². The van der Waals surface area contributed by atoms with Crippen LogP contribution in [0.1, 0.15) is 18.1 Å². The summed E-state index contributed by atoms with van der Waals surface area (Å²) in [5, 5.41) is 13.5. The predicted molar refractivity (Wildman–Crippen MR) is 145 cm³/mol. The Morgan fingerprint density at radius 3 is 2.56 bits per heavy atom. The molecule has 1 amide bonds. The SMILES string of the molecule is CCOc1cc(/C=C(\C#N)C(=O)Nc2ccc(Cl)c(Cl)c2)cc(I)c1OCc1cccc(Cl)c1. The van der Waals surface area contributed by atoms with Crippen LogP contribution in [-0.4, -0.2) is 12.5 Å². The van der Waals surface area contributed by atoms with Gasteiger partial charge in [-0.25, -0.2) is 0 Å². The van der Waals surface area contributed by atoms with Crippen LogP contribution in [0.2, 0.25) is 15.1 Å². The summed E-state index contributed by atoms with van der Waals surface area (Å²) in [4.78, 5) is 12.6. The number of nitrogens with zero attached hydrogens (tertiary/aromatic N) is 1. The molecule has 0 aromatic heterocycles. The first-order valence-corrected chi connectivity index (χ1v) is 12.2. The third-order valence-electron chi connectivity index (χ3n) is 4.46.